The first-order valence-corrected chi connectivity index (χ1v) is 7.48. The minimum atomic E-state index is -0.133. The van der Waals surface area contributed by atoms with Gasteiger partial charge in [0.05, 0.1) is 12.4 Å². The second-order valence-corrected chi connectivity index (χ2v) is 5.76. The molecule has 0 saturated carbocycles. The Balaban J connectivity index is 1.72. The van der Waals surface area contributed by atoms with Gasteiger partial charge in [0.1, 0.15) is 0 Å². The number of carbonyl (C=O) groups is 1. The zero-order valence-corrected chi connectivity index (χ0v) is 12.7. The molecular weight excluding hydrogens is 292 g/mol. The predicted molar refractivity (Wildman–Crippen MR) is 82.7 cm³/mol. The van der Waals surface area contributed by atoms with Crippen LogP contribution in [0.5, 0.6) is 0 Å². The van der Waals surface area contributed by atoms with Crippen molar-refractivity contribution in [1.82, 2.24) is 19.8 Å². The number of aryl methyl sites for hydroxylation is 1. The molecule has 3 heterocycles. The Kier molecular flexibility index (Phi) is 3.22. The number of rotatable bonds is 2. The lowest BCUT2D eigenvalue weighted by Gasteiger charge is -2.33. The number of carbonyl (C=O) groups excluding carboxylic acids is 1. The van der Waals surface area contributed by atoms with E-state index in [1.807, 2.05) is 31.6 Å². The molecule has 1 unspecified atom stereocenters. The summed E-state index contributed by atoms with van der Waals surface area (Å²) in [6, 6.07) is 9.83. The van der Waals surface area contributed by atoms with Gasteiger partial charge in [0, 0.05) is 38.3 Å². The fourth-order valence-electron chi connectivity index (χ4n) is 3.15. The maximum absolute atomic E-state index is 12.6. The molecule has 0 fully saturated rings. The quantitative estimate of drug-likeness (QED) is 0.728. The Morgan fingerprint density at radius 1 is 1.30 bits per heavy atom. The molecule has 1 aromatic carbocycles. The standard InChI is InChI=1S/C17H16N4O2/c1-20-9-13(8-18-20)15-11-21(17(22)16-6-7-19-23-16)10-12-4-2-3-5-14(12)15/h2-9,15H,10-11H2,1H3. The molecule has 0 saturated heterocycles. The van der Waals surface area contributed by atoms with Crippen molar-refractivity contribution in [3.05, 3.63) is 71.4 Å². The van der Waals surface area contributed by atoms with Gasteiger partial charge in [0.15, 0.2) is 0 Å². The number of hydrogen-bond acceptors (Lipinski definition) is 4. The van der Waals surface area contributed by atoms with E-state index < -0.39 is 0 Å². The third-order valence-corrected chi connectivity index (χ3v) is 4.26. The van der Waals surface area contributed by atoms with Crippen LogP contribution in [0.4, 0.5) is 0 Å². The van der Waals surface area contributed by atoms with E-state index in [1.54, 1.807) is 15.6 Å². The SMILES string of the molecule is Cn1cc(C2CN(C(=O)c3ccno3)Cc3ccccc32)cn1. The minimum Gasteiger partial charge on any atom is -0.351 e. The molecule has 23 heavy (non-hydrogen) atoms. The topological polar surface area (TPSA) is 64.2 Å². The highest BCUT2D eigenvalue weighted by atomic mass is 16.5. The average Bonchev–Trinajstić information content (AvgIpc) is 3.24. The van der Waals surface area contributed by atoms with Gasteiger partial charge in [-0.25, -0.2) is 0 Å². The molecule has 0 aliphatic carbocycles. The lowest BCUT2D eigenvalue weighted by Crippen LogP contribution is -2.38. The van der Waals surface area contributed by atoms with Crippen LogP contribution in [-0.4, -0.2) is 32.3 Å². The summed E-state index contributed by atoms with van der Waals surface area (Å²) in [6.45, 7) is 1.18. The Bertz CT molecular complexity index is 838. The normalized spacial score (nSPS) is 17.1. The molecule has 116 valence electrons. The maximum atomic E-state index is 12.6. The number of benzene rings is 1. The Morgan fingerprint density at radius 2 is 2.17 bits per heavy atom. The van der Waals surface area contributed by atoms with Crippen LogP contribution in [0, 0.1) is 0 Å². The first-order chi connectivity index (χ1) is 11.2. The van der Waals surface area contributed by atoms with Crippen molar-refractivity contribution in [2.24, 2.45) is 7.05 Å². The number of aromatic nitrogens is 3. The van der Waals surface area contributed by atoms with E-state index in [2.05, 4.69) is 22.4 Å². The van der Waals surface area contributed by atoms with Crippen LogP contribution in [0.1, 0.15) is 33.2 Å². The van der Waals surface area contributed by atoms with Gasteiger partial charge in [-0.05, 0) is 16.7 Å². The van der Waals surface area contributed by atoms with E-state index >= 15 is 0 Å². The van der Waals surface area contributed by atoms with E-state index in [-0.39, 0.29) is 17.6 Å². The molecule has 1 amide bonds. The molecule has 0 N–H and O–H groups in total. The Morgan fingerprint density at radius 3 is 2.91 bits per heavy atom. The summed E-state index contributed by atoms with van der Waals surface area (Å²) in [5.74, 6) is 0.251. The molecule has 1 atom stereocenters. The van der Waals surface area contributed by atoms with Crippen molar-refractivity contribution in [3.8, 4) is 0 Å². The summed E-state index contributed by atoms with van der Waals surface area (Å²) in [5.41, 5.74) is 3.51. The van der Waals surface area contributed by atoms with Crippen LogP contribution < -0.4 is 0 Å². The van der Waals surface area contributed by atoms with E-state index in [1.165, 1.54) is 11.8 Å². The monoisotopic (exact) mass is 308 g/mol. The summed E-state index contributed by atoms with van der Waals surface area (Å²) in [4.78, 5) is 14.4. The van der Waals surface area contributed by atoms with E-state index in [0.717, 1.165) is 11.1 Å². The molecule has 2 aromatic heterocycles. The van der Waals surface area contributed by atoms with Crippen molar-refractivity contribution >= 4 is 5.91 Å². The molecular formula is C17H16N4O2. The summed E-state index contributed by atoms with van der Waals surface area (Å²) in [5, 5.41) is 7.90. The van der Waals surface area contributed by atoms with Crippen LogP contribution in [0.15, 0.2) is 53.4 Å². The highest BCUT2D eigenvalue weighted by Gasteiger charge is 2.31. The van der Waals surface area contributed by atoms with Crippen molar-refractivity contribution in [2.45, 2.75) is 12.5 Å². The smallest absolute Gasteiger partial charge is 0.292 e. The highest BCUT2D eigenvalue weighted by Crippen LogP contribution is 2.33. The maximum Gasteiger partial charge on any atom is 0.292 e. The van der Waals surface area contributed by atoms with E-state index in [9.17, 15) is 4.79 Å². The van der Waals surface area contributed by atoms with Crippen molar-refractivity contribution in [2.75, 3.05) is 6.54 Å². The molecule has 3 aromatic rings. The number of hydrogen-bond donors (Lipinski definition) is 0. The number of amides is 1. The molecule has 0 spiro atoms. The van der Waals surface area contributed by atoms with Gasteiger partial charge in [-0.15, -0.1) is 0 Å². The summed E-state index contributed by atoms with van der Waals surface area (Å²) in [6.07, 6.45) is 5.36. The fourth-order valence-corrected chi connectivity index (χ4v) is 3.15. The van der Waals surface area contributed by atoms with Crippen LogP contribution in [0.3, 0.4) is 0 Å². The zero-order valence-electron chi connectivity index (χ0n) is 12.7. The van der Waals surface area contributed by atoms with Crippen molar-refractivity contribution < 1.29 is 9.32 Å². The van der Waals surface area contributed by atoms with Gasteiger partial charge >= 0.3 is 0 Å². The summed E-state index contributed by atoms with van der Waals surface area (Å²) in [7, 11) is 1.90. The van der Waals surface area contributed by atoms with E-state index in [4.69, 9.17) is 4.52 Å². The van der Waals surface area contributed by atoms with Crippen molar-refractivity contribution in [3.63, 3.8) is 0 Å². The van der Waals surface area contributed by atoms with Crippen LogP contribution in [0.25, 0.3) is 0 Å². The predicted octanol–water partition coefficient (Wildman–Crippen LogP) is 2.20. The summed E-state index contributed by atoms with van der Waals surface area (Å²) < 4.78 is 6.81. The van der Waals surface area contributed by atoms with Gasteiger partial charge < -0.3 is 9.42 Å². The summed E-state index contributed by atoms with van der Waals surface area (Å²) >= 11 is 0. The second kappa shape index (κ2) is 5.39. The van der Waals surface area contributed by atoms with Gasteiger partial charge in [0.25, 0.3) is 5.91 Å². The van der Waals surface area contributed by atoms with Crippen LogP contribution >= 0.6 is 0 Å². The fraction of sp³-hybridized carbons (Fsp3) is 0.235. The Hall–Kier alpha value is -2.89. The molecule has 1 aliphatic heterocycles. The van der Waals surface area contributed by atoms with Crippen LogP contribution in [-0.2, 0) is 13.6 Å². The number of nitrogens with zero attached hydrogens (tertiary/aromatic N) is 4. The van der Waals surface area contributed by atoms with Gasteiger partial charge in [-0.2, -0.15) is 5.10 Å². The van der Waals surface area contributed by atoms with Crippen molar-refractivity contribution in [1.29, 1.82) is 0 Å². The molecule has 4 rings (SSSR count). The highest BCUT2D eigenvalue weighted by molar-refractivity contribution is 5.91. The van der Waals surface area contributed by atoms with E-state index in [0.29, 0.717) is 13.1 Å². The molecule has 6 heteroatoms. The zero-order chi connectivity index (χ0) is 15.8. The Labute approximate surface area is 133 Å². The molecule has 0 bridgehead atoms. The van der Waals surface area contributed by atoms with Gasteiger partial charge in [-0.3, -0.25) is 9.48 Å². The third kappa shape index (κ3) is 2.42. The first kappa shape index (κ1) is 13.8. The molecule has 1 aliphatic rings. The first-order valence-electron chi connectivity index (χ1n) is 7.48. The molecule has 0 radical (unpaired) electrons. The average molecular weight is 308 g/mol. The minimum absolute atomic E-state index is 0.112. The lowest BCUT2D eigenvalue weighted by molar-refractivity contribution is 0.0682. The van der Waals surface area contributed by atoms with Gasteiger partial charge in [0.2, 0.25) is 5.76 Å². The van der Waals surface area contributed by atoms with Gasteiger partial charge in [-0.1, -0.05) is 29.4 Å². The number of fused-ring (bicyclic) bond motifs is 1. The third-order valence-electron chi connectivity index (χ3n) is 4.26. The van der Waals surface area contributed by atoms with Crippen LogP contribution in [0.2, 0.25) is 0 Å². The lowest BCUT2D eigenvalue weighted by atomic mass is 9.86. The largest absolute Gasteiger partial charge is 0.351 e. The second-order valence-electron chi connectivity index (χ2n) is 5.76. The molecule has 6 nitrogen and oxygen atoms in total.